The predicted octanol–water partition coefficient (Wildman–Crippen LogP) is 4.55. The van der Waals surface area contributed by atoms with Crippen molar-refractivity contribution in [2.24, 2.45) is 5.92 Å². The van der Waals surface area contributed by atoms with Crippen molar-refractivity contribution in [3.8, 4) is 5.75 Å². The van der Waals surface area contributed by atoms with E-state index in [1.165, 1.54) is 17.7 Å². The summed E-state index contributed by atoms with van der Waals surface area (Å²) in [5.41, 5.74) is 1.42. The quantitative estimate of drug-likeness (QED) is 0.683. The van der Waals surface area contributed by atoms with Crippen LogP contribution in [0.25, 0.3) is 0 Å². The van der Waals surface area contributed by atoms with Gasteiger partial charge in [-0.15, -0.1) is 0 Å². The molecule has 1 atom stereocenters. The number of nitrogens with zero attached hydrogens (tertiary/aromatic N) is 2. The van der Waals surface area contributed by atoms with Crippen molar-refractivity contribution in [2.45, 2.75) is 38.2 Å². The van der Waals surface area contributed by atoms with Gasteiger partial charge in [-0.2, -0.15) is 8.78 Å². The minimum absolute atomic E-state index is 0.0890. The number of alkyl halides is 2. The van der Waals surface area contributed by atoms with Crippen LogP contribution in [0.1, 0.15) is 47.5 Å². The standard InChI is InChI=1S/C25H28F2N2O3/c26-25(27)32-22-11-5-4-10-21(22)24(31)29-14-6-9-20(17-29)23(30)28-15-12-19(13-16-28)18-7-2-1-3-8-18/h1-5,7-8,10-11,19-20,25H,6,9,12-17H2. The highest BCUT2D eigenvalue weighted by Crippen LogP contribution is 2.30. The van der Waals surface area contributed by atoms with Crippen LogP contribution in [0.3, 0.4) is 0 Å². The monoisotopic (exact) mass is 442 g/mol. The Morgan fingerprint density at radius 2 is 1.56 bits per heavy atom. The van der Waals surface area contributed by atoms with Crippen molar-refractivity contribution in [1.82, 2.24) is 9.80 Å². The molecule has 2 saturated heterocycles. The molecular weight excluding hydrogens is 414 g/mol. The minimum Gasteiger partial charge on any atom is -0.434 e. The molecule has 2 aliphatic heterocycles. The highest BCUT2D eigenvalue weighted by molar-refractivity contribution is 5.97. The molecule has 0 saturated carbocycles. The van der Waals surface area contributed by atoms with E-state index >= 15 is 0 Å². The first-order valence-electron chi connectivity index (χ1n) is 11.2. The van der Waals surface area contributed by atoms with Gasteiger partial charge in [0.1, 0.15) is 5.75 Å². The predicted molar refractivity (Wildman–Crippen MR) is 117 cm³/mol. The number of carbonyl (C=O) groups is 2. The number of piperidine rings is 2. The molecule has 0 bridgehead atoms. The van der Waals surface area contributed by atoms with Gasteiger partial charge in [0.15, 0.2) is 0 Å². The Bertz CT molecular complexity index is 930. The molecule has 2 heterocycles. The zero-order chi connectivity index (χ0) is 22.5. The number of benzene rings is 2. The van der Waals surface area contributed by atoms with E-state index in [9.17, 15) is 18.4 Å². The maximum Gasteiger partial charge on any atom is 0.387 e. The SMILES string of the molecule is O=C(c1ccccc1OC(F)F)N1CCCC(C(=O)N2CCC(c3ccccc3)CC2)C1. The fourth-order valence-corrected chi connectivity index (χ4v) is 4.79. The summed E-state index contributed by atoms with van der Waals surface area (Å²) < 4.78 is 30.0. The lowest BCUT2D eigenvalue weighted by atomic mass is 9.88. The van der Waals surface area contributed by atoms with Gasteiger partial charge < -0.3 is 14.5 Å². The second-order valence-electron chi connectivity index (χ2n) is 8.48. The van der Waals surface area contributed by atoms with E-state index in [-0.39, 0.29) is 29.0 Å². The Morgan fingerprint density at radius 3 is 2.28 bits per heavy atom. The molecule has 0 aromatic heterocycles. The zero-order valence-corrected chi connectivity index (χ0v) is 18.0. The van der Waals surface area contributed by atoms with Gasteiger partial charge in [0.2, 0.25) is 5.91 Å². The van der Waals surface area contributed by atoms with Gasteiger partial charge in [0.25, 0.3) is 5.91 Å². The summed E-state index contributed by atoms with van der Waals surface area (Å²) in [6.45, 7) is -0.763. The minimum atomic E-state index is -3.00. The second-order valence-corrected chi connectivity index (χ2v) is 8.48. The molecule has 0 aliphatic carbocycles. The van der Waals surface area contributed by atoms with E-state index in [1.54, 1.807) is 17.0 Å². The number of hydrogen-bond acceptors (Lipinski definition) is 3. The Balaban J connectivity index is 1.37. The molecule has 7 heteroatoms. The molecule has 32 heavy (non-hydrogen) atoms. The first-order chi connectivity index (χ1) is 15.5. The molecule has 2 aliphatic rings. The third-order valence-corrected chi connectivity index (χ3v) is 6.47. The third-order valence-electron chi connectivity index (χ3n) is 6.47. The van der Waals surface area contributed by atoms with Crippen LogP contribution in [0.4, 0.5) is 8.78 Å². The Kier molecular flexibility index (Phi) is 7.02. The van der Waals surface area contributed by atoms with Crippen LogP contribution < -0.4 is 4.74 Å². The van der Waals surface area contributed by atoms with Crippen molar-refractivity contribution in [3.05, 3.63) is 65.7 Å². The number of likely N-dealkylation sites (tertiary alicyclic amines) is 2. The van der Waals surface area contributed by atoms with E-state index in [0.717, 1.165) is 19.3 Å². The lowest BCUT2D eigenvalue weighted by molar-refractivity contribution is -0.138. The van der Waals surface area contributed by atoms with Gasteiger partial charge in [-0.25, -0.2) is 0 Å². The summed E-state index contributed by atoms with van der Waals surface area (Å²) in [5, 5.41) is 0. The van der Waals surface area contributed by atoms with Crippen LogP contribution in [0, 0.1) is 5.92 Å². The summed E-state index contributed by atoms with van der Waals surface area (Å²) in [4.78, 5) is 29.7. The Morgan fingerprint density at radius 1 is 0.875 bits per heavy atom. The maximum atomic E-state index is 13.2. The highest BCUT2D eigenvalue weighted by atomic mass is 19.3. The summed E-state index contributed by atoms with van der Waals surface area (Å²) in [6.07, 6.45) is 3.31. The van der Waals surface area contributed by atoms with E-state index in [0.29, 0.717) is 38.5 Å². The smallest absolute Gasteiger partial charge is 0.387 e. The van der Waals surface area contributed by atoms with Crippen molar-refractivity contribution >= 4 is 11.8 Å². The van der Waals surface area contributed by atoms with Gasteiger partial charge in [-0.1, -0.05) is 42.5 Å². The number of ether oxygens (including phenoxy) is 1. The zero-order valence-electron chi connectivity index (χ0n) is 18.0. The lowest BCUT2D eigenvalue weighted by Crippen LogP contribution is -2.48. The van der Waals surface area contributed by atoms with Gasteiger partial charge in [0, 0.05) is 26.2 Å². The first kappa shape index (κ1) is 22.2. The summed E-state index contributed by atoms with van der Waals surface area (Å²) >= 11 is 0. The average Bonchev–Trinajstić information content (AvgIpc) is 2.84. The van der Waals surface area contributed by atoms with Crippen molar-refractivity contribution in [2.75, 3.05) is 26.2 Å². The van der Waals surface area contributed by atoms with Gasteiger partial charge in [-0.05, 0) is 49.3 Å². The Labute approximate surface area is 187 Å². The fourth-order valence-electron chi connectivity index (χ4n) is 4.79. The van der Waals surface area contributed by atoms with E-state index in [4.69, 9.17) is 0 Å². The second kappa shape index (κ2) is 10.1. The van der Waals surface area contributed by atoms with Crippen LogP contribution in [0.5, 0.6) is 5.75 Å². The molecule has 1 unspecified atom stereocenters. The van der Waals surface area contributed by atoms with Crippen LogP contribution in [0.2, 0.25) is 0 Å². The summed E-state index contributed by atoms with van der Waals surface area (Å²) in [7, 11) is 0. The first-order valence-corrected chi connectivity index (χ1v) is 11.2. The van der Waals surface area contributed by atoms with E-state index in [2.05, 4.69) is 16.9 Å². The highest BCUT2D eigenvalue weighted by Gasteiger charge is 2.34. The van der Waals surface area contributed by atoms with Gasteiger partial charge in [0.05, 0.1) is 11.5 Å². The molecule has 0 radical (unpaired) electrons. The molecular formula is C25H28F2N2O3. The number of para-hydroxylation sites is 1. The molecule has 0 N–H and O–H groups in total. The third kappa shape index (κ3) is 5.09. The summed E-state index contributed by atoms with van der Waals surface area (Å²) in [6, 6.07) is 16.4. The molecule has 170 valence electrons. The molecule has 2 aromatic rings. The topological polar surface area (TPSA) is 49.9 Å². The van der Waals surface area contributed by atoms with Crippen LogP contribution >= 0.6 is 0 Å². The average molecular weight is 443 g/mol. The molecule has 2 aromatic carbocycles. The molecule has 4 rings (SSSR count). The van der Waals surface area contributed by atoms with Gasteiger partial charge >= 0.3 is 6.61 Å². The normalized spacial score (nSPS) is 19.8. The number of amides is 2. The van der Waals surface area contributed by atoms with Crippen molar-refractivity contribution < 1.29 is 23.1 Å². The maximum absolute atomic E-state index is 13.2. The van der Waals surface area contributed by atoms with E-state index in [1.807, 2.05) is 23.1 Å². The summed E-state index contributed by atoms with van der Waals surface area (Å²) in [5.74, 6) is -0.211. The number of carbonyl (C=O) groups excluding carboxylic acids is 2. The fraction of sp³-hybridized carbons (Fsp3) is 0.440. The Hall–Kier alpha value is -2.96. The van der Waals surface area contributed by atoms with Crippen molar-refractivity contribution in [3.63, 3.8) is 0 Å². The van der Waals surface area contributed by atoms with Gasteiger partial charge in [-0.3, -0.25) is 9.59 Å². The molecule has 2 amide bonds. The largest absolute Gasteiger partial charge is 0.434 e. The number of hydrogen-bond donors (Lipinski definition) is 0. The lowest BCUT2D eigenvalue weighted by Gasteiger charge is -2.38. The van der Waals surface area contributed by atoms with Crippen LogP contribution in [0.15, 0.2) is 54.6 Å². The number of rotatable bonds is 5. The molecule has 5 nitrogen and oxygen atoms in total. The van der Waals surface area contributed by atoms with Crippen LogP contribution in [-0.4, -0.2) is 54.4 Å². The molecule has 0 spiro atoms. The van der Waals surface area contributed by atoms with Crippen molar-refractivity contribution in [1.29, 1.82) is 0 Å². The van der Waals surface area contributed by atoms with Crippen LogP contribution in [-0.2, 0) is 4.79 Å². The van der Waals surface area contributed by atoms with E-state index < -0.39 is 6.61 Å². The number of halogens is 2. The molecule has 2 fully saturated rings.